The lowest BCUT2D eigenvalue weighted by atomic mass is 9.72. The Balaban J connectivity index is 2.09. The highest BCUT2D eigenvalue weighted by Crippen LogP contribution is 2.41. The molecule has 25 heavy (non-hydrogen) atoms. The SMILES string of the molecule is CN(Cc1ccsc1)C(=O)CSC1=C(C#N)C(C)(C)C(C#N)C(=O)N1. The van der Waals surface area contributed by atoms with Crippen molar-refractivity contribution < 1.29 is 9.59 Å². The van der Waals surface area contributed by atoms with Crippen LogP contribution in [0.25, 0.3) is 0 Å². The maximum atomic E-state index is 12.3. The zero-order valence-electron chi connectivity index (χ0n) is 14.2. The van der Waals surface area contributed by atoms with E-state index in [1.54, 1.807) is 37.1 Å². The van der Waals surface area contributed by atoms with Gasteiger partial charge >= 0.3 is 0 Å². The number of carbonyl (C=O) groups is 2. The molecule has 1 aromatic rings. The largest absolute Gasteiger partial charge is 0.341 e. The molecule has 1 N–H and O–H groups in total. The summed E-state index contributed by atoms with van der Waals surface area (Å²) < 4.78 is 0. The molecule has 0 radical (unpaired) electrons. The van der Waals surface area contributed by atoms with Gasteiger partial charge in [-0.1, -0.05) is 25.6 Å². The van der Waals surface area contributed by atoms with Gasteiger partial charge in [0.25, 0.3) is 0 Å². The van der Waals surface area contributed by atoms with Gasteiger partial charge in [-0.15, -0.1) is 0 Å². The zero-order valence-corrected chi connectivity index (χ0v) is 15.8. The summed E-state index contributed by atoms with van der Waals surface area (Å²) in [5.41, 5.74) is 0.503. The van der Waals surface area contributed by atoms with Crippen LogP contribution in [0.2, 0.25) is 0 Å². The summed E-state index contributed by atoms with van der Waals surface area (Å²) >= 11 is 2.70. The first-order valence-corrected chi connectivity index (χ1v) is 9.47. The average molecular weight is 374 g/mol. The van der Waals surface area contributed by atoms with Crippen molar-refractivity contribution in [2.45, 2.75) is 20.4 Å². The van der Waals surface area contributed by atoms with Crippen LogP contribution >= 0.6 is 23.1 Å². The fourth-order valence-corrected chi connectivity index (χ4v) is 4.30. The average Bonchev–Trinajstić information content (AvgIpc) is 3.04. The second-order valence-corrected chi connectivity index (χ2v) is 8.02. The van der Waals surface area contributed by atoms with Gasteiger partial charge in [0.15, 0.2) is 0 Å². The topological polar surface area (TPSA) is 97.0 Å². The third-order valence-electron chi connectivity index (χ3n) is 4.10. The number of thioether (sulfide) groups is 1. The molecule has 0 bridgehead atoms. The van der Waals surface area contributed by atoms with E-state index in [-0.39, 0.29) is 11.7 Å². The molecule has 0 aromatic carbocycles. The fraction of sp³-hybridized carbons (Fsp3) is 0.412. The van der Waals surface area contributed by atoms with Crippen LogP contribution in [-0.2, 0) is 16.1 Å². The molecule has 6 nitrogen and oxygen atoms in total. The van der Waals surface area contributed by atoms with Crippen LogP contribution in [0.1, 0.15) is 19.4 Å². The molecule has 1 unspecified atom stereocenters. The van der Waals surface area contributed by atoms with E-state index in [9.17, 15) is 20.1 Å². The first-order valence-electron chi connectivity index (χ1n) is 7.54. The Labute approximate surface area is 155 Å². The Morgan fingerprint density at radius 3 is 2.76 bits per heavy atom. The highest BCUT2D eigenvalue weighted by Gasteiger charge is 2.44. The van der Waals surface area contributed by atoms with E-state index in [0.29, 0.717) is 17.1 Å². The first-order chi connectivity index (χ1) is 11.8. The van der Waals surface area contributed by atoms with Crippen molar-refractivity contribution >= 4 is 34.9 Å². The third-order valence-corrected chi connectivity index (χ3v) is 5.82. The summed E-state index contributed by atoms with van der Waals surface area (Å²) in [5, 5.41) is 25.6. The summed E-state index contributed by atoms with van der Waals surface area (Å²) in [6.07, 6.45) is 0. The molecule has 1 atom stereocenters. The fourth-order valence-electron chi connectivity index (χ4n) is 2.52. The molecule has 1 aliphatic rings. The van der Waals surface area contributed by atoms with E-state index < -0.39 is 17.2 Å². The molecule has 2 rings (SSSR count). The minimum absolute atomic E-state index is 0.101. The van der Waals surface area contributed by atoms with Gasteiger partial charge in [0.2, 0.25) is 11.8 Å². The van der Waals surface area contributed by atoms with Gasteiger partial charge in [-0.05, 0) is 22.4 Å². The minimum atomic E-state index is -0.927. The number of nitrogens with zero attached hydrogens (tertiary/aromatic N) is 3. The summed E-state index contributed by atoms with van der Waals surface area (Å²) in [6, 6.07) is 6.01. The monoisotopic (exact) mass is 374 g/mol. The van der Waals surface area contributed by atoms with E-state index in [2.05, 4.69) is 11.4 Å². The molecular formula is C17H18N4O2S2. The summed E-state index contributed by atoms with van der Waals surface area (Å²) in [7, 11) is 1.72. The predicted molar refractivity (Wildman–Crippen MR) is 96.9 cm³/mol. The van der Waals surface area contributed by atoms with E-state index in [1.807, 2.05) is 22.9 Å². The number of hydrogen-bond acceptors (Lipinski definition) is 6. The maximum absolute atomic E-state index is 12.3. The molecule has 1 aliphatic heterocycles. The molecular weight excluding hydrogens is 356 g/mol. The van der Waals surface area contributed by atoms with Crippen LogP contribution < -0.4 is 5.32 Å². The smallest absolute Gasteiger partial charge is 0.243 e. The standard InChI is InChI=1S/C17H18N4O2S2/c1-17(2)12(6-18)15(23)20-16(13(17)7-19)25-10-14(22)21(3)8-11-4-5-24-9-11/h4-5,9,12H,8,10H2,1-3H3,(H,20,23). The lowest BCUT2D eigenvalue weighted by Crippen LogP contribution is -2.44. The van der Waals surface area contributed by atoms with Crippen LogP contribution in [0.5, 0.6) is 0 Å². The quantitative estimate of drug-likeness (QED) is 0.854. The van der Waals surface area contributed by atoms with Crippen molar-refractivity contribution in [3.63, 3.8) is 0 Å². The van der Waals surface area contributed by atoms with Crippen LogP contribution in [0.15, 0.2) is 27.4 Å². The van der Waals surface area contributed by atoms with Gasteiger partial charge in [0.1, 0.15) is 5.92 Å². The number of carbonyl (C=O) groups excluding carboxylic acids is 2. The Morgan fingerprint density at radius 2 is 2.20 bits per heavy atom. The molecule has 0 aliphatic carbocycles. The van der Waals surface area contributed by atoms with Crippen molar-refractivity contribution in [3.05, 3.63) is 33.0 Å². The number of nitriles is 2. The molecule has 8 heteroatoms. The molecule has 2 amide bonds. The number of thiophene rings is 1. The number of rotatable bonds is 5. The summed E-state index contributed by atoms with van der Waals surface area (Å²) in [4.78, 5) is 26.0. The molecule has 130 valence electrons. The molecule has 0 saturated carbocycles. The minimum Gasteiger partial charge on any atom is -0.341 e. The second kappa shape index (κ2) is 7.73. The third kappa shape index (κ3) is 4.04. The number of allylic oxidation sites excluding steroid dienone is 1. The predicted octanol–water partition coefficient (Wildman–Crippen LogP) is 2.47. The van der Waals surface area contributed by atoms with E-state index in [0.717, 1.165) is 17.3 Å². The molecule has 0 fully saturated rings. The van der Waals surface area contributed by atoms with Crippen molar-refractivity contribution in [2.24, 2.45) is 11.3 Å². The first kappa shape index (κ1) is 19.0. The van der Waals surface area contributed by atoms with E-state index in [1.165, 1.54) is 0 Å². The summed E-state index contributed by atoms with van der Waals surface area (Å²) in [6.45, 7) is 3.91. The normalized spacial score (nSPS) is 18.9. The van der Waals surface area contributed by atoms with Crippen LogP contribution in [-0.4, -0.2) is 29.5 Å². The Bertz CT molecular complexity index is 785. The lowest BCUT2D eigenvalue weighted by molar-refractivity contribution is -0.128. The number of hydrogen-bond donors (Lipinski definition) is 1. The van der Waals surface area contributed by atoms with E-state index >= 15 is 0 Å². The Morgan fingerprint density at radius 1 is 1.48 bits per heavy atom. The number of nitrogens with one attached hydrogen (secondary N) is 1. The lowest BCUT2D eigenvalue weighted by Gasteiger charge is -2.34. The van der Waals surface area contributed by atoms with Crippen molar-refractivity contribution in [2.75, 3.05) is 12.8 Å². The van der Waals surface area contributed by atoms with Crippen LogP contribution in [0, 0.1) is 34.0 Å². The van der Waals surface area contributed by atoms with Crippen molar-refractivity contribution in [3.8, 4) is 12.1 Å². The molecule has 1 aromatic heterocycles. The Hall–Kier alpha value is -2.29. The molecule has 0 spiro atoms. The van der Waals surface area contributed by atoms with Gasteiger partial charge in [0.05, 0.1) is 28.5 Å². The number of amides is 2. The summed E-state index contributed by atoms with van der Waals surface area (Å²) in [5.74, 6) is -1.36. The van der Waals surface area contributed by atoms with Crippen molar-refractivity contribution in [1.29, 1.82) is 10.5 Å². The highest BCUT2D eigenvalue weighted by atomic mass is 32.2. The second-order valence-electron chi connectivity index (χ2n) is 6.26. The van der Waals surface area contributed by atoms with Gasteiger partial charge in [-0.2, -0.15) is 21.9 Å². The van der Waals surface area contributed by atoms with Crippen LogP contribution in [0.3, 0.4) is 0 Å². The highest BCUT2D eigenvalue weighted by molar-refractivity contribution is 8.03. The molecule has 2 heterocycles. The van der Waals surface area contributed by atoms with Gasteiger partial charge < -0.3 is 10.2 Å². The van der Waals surface area contributed by atoms with Gasteiger partial charge in [-0.25, -0.2) is 0 Å². The van der Waals surface area contributed by atoms with Gasteiger partial charge in [-0.3, -0.25) is 9.59 Å². The van der Waals surface area contributed by atoms with Gasteiger partial charge in [0, 0.05) is 19.0 Å². The van der Waals surface area contributed by atoms with E-state index in [4.69, 9.17) is 0 Å². The molecule has 0 saturated heterocycles. The zero-order chi connectivity index (χ0) is 18.6. The Kier molecular flexibility index (Phi) is 5.89. The maximum Gasteiger partial charge on any atom is 0.243 e. The van der Waals surface area contributed by atoms with Crippen molar-refractivity contribution in [1.82, 2.24) is 10.2 Å². The van der Waals surface area contributed by atoms with Crippen LogP contribution in [0.4, 0.5) is 0 Å².